The summed E-state index contributed by atoms with van der Waals surface area (Å²) >= 11 is 11.8. The number of rotatable bonds is 2. The lowest BCUT2D eigenvalue weighted by Crippen LogP contribution is -1.98. The van der Waals surface area contributed by atoms with E-state index in [1.165, 1.54) is 12.5 Å². The SMILES string of the molecule is OC(c1ccoc1)c1cc(Cl)ccc1Cl. The molecule has 1 heterocycles. The van der Waals surface area contributed by atoms with Crippen molar-refractivity contribution < 1.29 is 9.52 Å². The maximum atomic E-state index is 9.98. The molecule has 0 bridgehead atoms. The zero-order valence-corrected chi connectivity index (χ0v) is 9.16. The van der Waals surface area contributed by atoms with Crippen molar-refractivity contribution in [3.8, 4) is 0 Å². The Hall–Kier alpha value is -0.960. The number of furan rings is 1. The number of aliphatic hydroxyl groups excluding tert-OH is 1. The number of hydrogen-bond acceptors (Lipinski definition) is 2. The molecule has 1 N–H and O–H groups in total. The van der Waals surface area contributed by atoms with E-state index in [9.17, 15) is 5.11 Å². The van der Waals surface area contributed by atoms with Gasteiger partial charge >= 0.3 is 0 Å². The second-order valence-corrected chi connectivity index (χ2v) is 3.97. The van der Waals surface area contributed by atoms with E-state index in [2.05, 4.69) is 0 Å². The van der Waals surface area contributed by atoms with Crippen molar-refractivity contribution >= 4 is 23.2 Å². The van der Waals surface area contributed by atoms with Gasteiger partial charge in [-0.15, -0.1) is 0 Å². The maximum absolute atomic E-state index is 9.98. The van der Waals surface area contributed by atoms with Crippen molar-refractivity contribution in [1.29, 1.82) is 0 Å². The number of hydrogen-bond donors (Lipinski definition) is 1. The van der Waals surface area contributed by atoms with Gasteiger partial charge in [0.1, 0.15) is 6.10 Å². The molecule has 0 aliphatic carbocycles. The summed E-state index contributed by atoms with van der Waals surface area (Å²) in [6.07, 6.45) is 2.16. The lowest BCUT2D eigenvalue weighted by atomic mass is 10.0. The van der Waals surface area contributed by atoms with Gasteiger partial charge in [-0.25, -0.2) is 0 Å². The van der Waals surface area contributed by atoms with Gasteiger partial charge in [0.2, 0.25) is 0 Å². The third kappa shape index (κ3) is 2.17. The van der Waals surface area contributed by atoms with E-state index in [4.69, 9.17) is 27.6 Å². The van der Waals surface area contributed by atoms with Crippen molar-refractivity contribution in [2.75, 3.05) is 0 Å². The first-order valence-electron chi connectivity index (χ1n) is 4.33. The van der Waals surface area contributed by atoms with E-state index < -0.39 is 6.10 Å². The molecule has 15 heavy (non-hydrogen) atoms. The van der Waals surface area contributed by atoms with Crippen molar-refractivity contribution in [2.24, 2.45) is 0 Å². The summed E-state index contributed by atoms with van der Waals surface area (Å²) in [6, 6.07) is 6.65. The number of halogens is 2. The fourth-order valence-electron chi connectivity index (χ4n) is 1.33. The van der Waals surface area contributed by atoms with Gasteiger partial charge in [0.05, 0.1) is 12.5 Å². The van der Waals surface area contributed by atoms with Crippen LogP contribution < -0.4 is 0 Å². The van der Waals surface area contributed by atoms with Gasteiger partial charge in [-0.05, 0) is 24.3 Å². The Balaban J connectivity index is 2.41. The highest BCUT2D eigenvalue weighted by molar-refractivity contribution is 6.33. The van der Waals surface area contributed by atoms with E-state index in [1.54, 1.807) is 24.3 Å². The molecule has 1 aromatic carbocycles. The van der Waals surface area contributed by atoms with Gasteiger partial charge in [0.25, 0.3) is 0 Å². The molecule has 0 amide bonds. The predicted octanol–water partition coefficient (Wildman–Crippen LogP) is 3.67. The molecule has 0 fully saturated rings. The number of aliphatic hydroxyl groups is 1. The Morgan fingerprint density at radius 2 is 2.00 bits per heavy atom. The molecule has 4 heteroatoms. The molecule has 78 valence electrons. The molecule has 2 rings (SSSR count). The summed E-state index contributed by atoms with van der Waals surface area (Å²) < 4.78 is 4.89. The average Bonchev–Trinajstić information content (AvgIpc) is 2.74. The molecule has 0 saturated carbocycles. The fraction of sp³-hybridized carbons (Fsp3) is 0.0909. The highest BCUT2D eigenvalue weighted by atomic mass is 35.5. The van der Waals surface area contributed by atoms with E-state index >= 15 is 0 Å². The minimum absolute atomic E-state index is 0.480. The predicted molar refractivity (Wildman–Crippen MR) is 59.2 cm³/mol. The molecule has 1 unspecified atom stereocenters. The highest BCUT2D eigenvalue weighted by Gasteiger charge is 2.15. The van der Waals surface area contributed by atoms with Crippen LogP contribution in [-0.2, 0) is 0 Å². The van der Waals surface area contributed by atoms with E-state index in [0.29, 0.717) is 21.2 Å². The summed E-state index contributed by atoms with van der Waals surface area (Å²) in [6.45, 7) is 0. The van der Waals surface area contributed by atoms with Gasteiger partial charge < -0.3 is 9.52 Å². The molecule has 2 nitrogen and oxygen atoms in total. The average molecular weight is 243 g/mol. The first kappa shape index (κ1) is 10.6. The molecule has 2 aromatic rings. The quantitative estimate of drug-likeness (QED) is 0.872. The van der Waals surface area contributed by atoms with Crippen LogP contribution in [0.4, 0.5) is 0 Å². The Bertz CT molecular complexity index is 452. The normalized spacial score (nSPS) is 12.7. The van der Waals surface area contributed by atoms with Crippen LogP contribution in [0.5, 0.6) is 0 Å². The third-order valence-corrected chi connectivity index (χ3v) is 2.69. The Labute approximate surface area is 97.0 Å². The lowest BCUT2D eigenvalue weighted by molar-refractivity contribution is 0.219. The molecular formula is C11H8Cl2O2. The van der Waals surface area contributed by atoms with Gasteiger partial charge in [-0.1, -0.05) is 23.2 Å². The molecule has 0 aliphatic heterocycles. The summed E-state index contributed by atoms with van der Waals surface area (Å²) in [7, 11) is 0. The molecule has 1 atom stereocenters. The molecule has 0 radical (unpaired) electrons. The Morgan fingerprint density at radius 1 is 1.20 bits per heavy atom. The fourth-order valence-corrected chi connectivity index (χ4v) is 1.74. The van der Waals surface area contributed by atoms with Crippen molar-refractivity contribution in [2.45, 2.75) is 6.10 Å². The zero-order chi connectivity index (χ0) is 10.8. The van der Waals surface area contributed by atoms with Crippen LogP contribution in [0.2, 0.25) is 10.0 Å². The monoisotopic (exact) mass is 242 g/mol. The smallest absolute Gasteiger partial charge is 0.109 e. The van der Waals surface area contributed by atoms with Crippen molar-refractivity contribution in [1.82, 2.24) is 0 Å². The second kappa shape index (κ2) is 4.27. The minimum atomic E-state index is -0.810. The summed E-state index contributed by atoms with van der Waals surface area (Å²) in [4.78, 5) is 0. The Kier molecular flexibility index (Phi) is 3.00. The van der Waals surface area contributed by atoms with Gasteiger partial charge in [0, 0.05) is 21.2 Å². The first-order valence-corrected chi connectivity index (χ1v) is 5.09. The second-order valence-electron chi connectivity index (χ2n) is 3.13. The van der Waals surface area contributed by atoms with E-state index in [-0.39, 0.29) is 0 Å². The maximum Gasteiger partial charge on any atom is 0.109 e. The Morgan fingerprint density at radius 3 is 2.67 bits per heavy atom. The molecule has 0 aliphatic rings. The third-order valence-electron chi connectivity index (χ3n) is 2.11. The van der Waals surface area contributed by atoms with E-state index in [0.717, 1.165) is 0 Å². The summed E-state index contributed by atoms with van der Waals surface area (Å²) in [5.41, 5.74) is 1.23. The molecule has 1 aromatic heterocycles. The number of benzene rings is 1. The van der Waals surface area contributed by atoms with Crippen molar-refractivity contribution in [3.05, 3.63) is 58.0 Å². The van der Waals surface area contributed by atoms with Crippen molar-refractivity contribution in [3.63, 3.8) is 0 Å². The largest absolute Gasteiger partial charge is 0.472 e. The van der Waals surface area contributed by atoms with Crippen LogP contribution in [0.1, 0.15) is 17.2 Å². The van der Waals surface area contributed by atoms with Gasteiger partial charge in [-0.2, -0.15) is 0 Å². The van der Waals surface area contributed by atoms with Crippen LogP contribution in [0.3, 0.4) is 0 Å². The molecule has 0 saturated heterocycles. The zero-order valence-electron chi connectivity index (χ0n) is 7.65. The molecular weight excluding hydrogens is 235 g/mol. The van der Waals surface area contributed by atoms with E-state index in [1.807, 2.05) is 0 Å². The minimum Gasteiger partial charge on any atom is -0.472 e. The topological polar surface area (TPSA) is 33.4 Å². The standard InChI is InChI=1S/C11H8Cl2O2/c12-8-1-2-10(13)9(5-8)11(14)7-3-4-15-6-7/h1-6,11,14H. The summed E-state index contributed by atoms with van der Waals surface area (Å²) in [5.74, 6) is 0. The first-order chi connectivity index (χ1) is 7.18. The molecule has 0 spiro atoms. The summed E-state index contributed by atoms with van der Waals surface area (Å²) in [5, 5.41) is 11.0. The van der Waals surface area contributed by atoms with Gasteiger partial charge in [0.15, 0.2) is 0 Å². The van der Waals surface area contributed by atoms with Crippen LogP contribution >= 0.6 is 23.2 Å². The van der Waals surface area contributed by atoms with Crippen LogP contribution in [0, 0.1) is 0 Å². The van der Waals surface area contributed by atoms with Crippen LogP contribution in [-0.4, -0.2) is 5.11 Å². The van der Waals surface area contributed by atoms with Gasteiger partial charge in [-0.3, -0.25) is 0 Å². The lowest BCUT2D eigenvalue weighted by Gasteiger charge is -2.10. The highest BCUT2D eigenvalue weighted by Crippen LogP contribution is 2.30. The van der Waals surface area contributed by atoms with Crippen LogP contribution in [0.25, 0.3) is 0 Å². The van der Waals surface area contributed by atoms with Crippen LogP contribution in [0.15, 0.2) is 41.2 Å².